The van der Waals surface area contributed by atoms with Crippen LogP contribution in [-0.4, -0.2) is 38.8 Å². The molecule has 1 aliphatic carbocycles. The average molecular weight is 292 g/mol. The van der Waals surface area contributed by atoms with E-state index in [0.717, 1.165) is 6.08 Å². The lowest BCUT2D eigenvalue weighted by Crippen LogP contribution is -2.52. The van der Waals surface area contributed by atoms with Crippen LogP contribution < -0.4 is 21.9 Å². The van der Waals surface area contributed by atoms with Gasteiger partial charge < -0.3 is 26.8 Å². The third kappa shape index (κ3) is 2.21. The highest BCUT2D eigenvalue weighted by Crippen LogP contribution is 2.17. The van der Waals surface area contributed by atoms with Gasteiger partial charge in [-0.2, -0.15) is 0 Å². The zero-order chi connectivity index (χ0) is 15.9. The van der Waals surface area contributed by atoms with Gasteiger partial charge in [-0.3, -0.25) is 0 Å². The third-order valence-corrected chi connectivity index (χ3v) is 3.32. The minimum absolute atomic E-state index is 0.0507. The topological polar surface area (TPSA) is 164 Å². The number of benzene rings is 1. The molecule has 0 amide bonds. The molecule has 1 atom stereocenters. The first-order valence-electron chi connectivity index (χ1n) is 5.82. The van der Waals surface area contributed by atoms with Gasteiger partial charge in [-0.05, 0) is 29.0 Å². The number of aliphatic carboxylic acids is 1. The fourth-order valence-corrected chi connectivity index (χ4v) is 2.26. The first-order chi connectivity index (χ1) is 9.67. The minimum atomic E-state index is -1.79. The number of carboxylic acid groups (broad SMARTS) is 3. The van der Waals surface area contributed by atoms with Gasteiger partial charge >= 0.3 is 17.9 Å². The number of anilines is 1. The maximum atomic E-state index is 11.4. The van der Waals surface area contributed by atoms with Gasteiger partial charge in [0, 0.05) is 5.69 Å². The van der Waals surface area contributed by atoms with Gasteiger partial charge in [-0.15, -0.1) is 0 Å². The standard InChI is InChI=1S/C13H12N2O6/c14-7-3-5-1-2-13(15,12(20)21)4-6(5)8(10(16)17)9(7)11(18)19/h1,3-4H,2,14-15H2,(H,16,17)(H,18,19)(H,20,21). The maximum Gasteiger partial charge on any atom is 0.338 e. The fourth-order valence-electron chi connectivity index (χ4n) is 2.26. The first-order valence-corrected chi connectivity index (χ1v) is 5.82. The molecule has 1 unspecified atom stereocenters. The van der Waals surface area contributed by atoms with E-state index in [4.69, 9.17) is 21.7 Å². The molecule has 0 heterocycles. The summed E-state index contributed by atoms with van der Waals surface area (Å²) in [5, 5.41) is 27.8. The molecule has 0 bridgehead atoms. The Kier molecular flexibility index (Phi) is 3.18. The molecule has 1 aliphatic rings. The van der Waals surface area contributed by atoms with Crippen molar-refractivity contribution in [3.8, 4) is 0 Å². The molecule has 0 aliphatic heterocycles. The molecule has 2 rings (SSSR count). The second-order valence-electron chi connectivity index (χ2n) is 4.73. The van der Waals surface area contributed by atoms with Crippen molar-refractivity contribution in [2.75, 3.05) is 5.73 Å². The Morgan fingerprint density at radius 2 is 1.67 bits per heavy atom. The van der Waals surface area contributed by atoms with E-state index in [0.29, 0.717) is 5.22 Å². The van der Waals surface area contributed by atoms with Crippen LogP contribution in [0, 0.1) is 0 Å². The van der Waals surface area contributed by atoms with Crippen LogP contribution in [0.3, 0.4) is 0 Å². The molecule has 0 fully saturated rings. The first kappa shape index (κ1) is 14.5. The molecule has 8 nitrogen and oxygen atoms in total. The molecule has 0 saturated carbocycles. The highest BCUT2D eigenvalue weighted by atomic mass is 16.4. The molecule has 7 N–H and O–H groups in total. The van der Waals surface area contributed by atoms with Crippen molar-refractivity contribution in [1.29, 1.82) is 0 Å². The summed E-state index contributed by atoms with van der Waals surface area (Å²) in [7, 11) is 0. The number of nitrogen functional groups attached to an aromatic ring is 1. The van der Waals surface area contributed by atoms with E-state index in [2.05, 4.69) is 0 Å². The van der Waals surface area contributed by atoms with E-state index < -0.39 is 34.6 Å². The van der Waals surface area contributed by atoms with Crippen molar-refractivity contribution in [2.24, 2.45) is 5.73 Å². The van der Waals surface area contributed by atoms with Gasteiger partial charge in [0.2, 0.25) is 0 Å². The second-order valence-corrected chi connectivity index (χ2v) is 4.73. The number of aromatic carboxylic acids is 2. The summed E-state index contributed by atoms with van der Waals surface area (Å²) >= 11 is 0. The molecule has 1 aromatic carbocycles. The Bertz CT molecular complexity index is 798. The lowest BCUT2D eigenvalue weighted by molar-refractivity contribution is -0.140. The average Bonchev–Trinajstić information content (AvgIpc) is 2.37. The van der Waals surface area contributed by atoms with Crippen LogP contribution in [0.25, 0.3) is 12.2 Å². The predicted octanol–water partition coefficient (Wildman–Crippen LogP) is -1.59. The number of hydrogen-bond acceptors (Lipinski definition) is 5. The lowest BCUT2D eigenvalue weighted by Gasteiger charge is -2.22. The van der Waals surface area contributed by atoms with E-state index in [1.54, 1.807) is 0 Å². The zero-order valence-electron chi connectivity index (χ0n) is 10.7. The third-order valence-electron chi connectivity index (χ3n) is 3.32. The summed E-state index contributed by atoms with van der Waals surface area (Å²) in [6, 6.07) is 1.29. The van der Waals surface area contributed by atoms with Crippen molar-refractivity contribution in [3.05, 3.63) is 27.6 Å². The molecule has 0 spiro atoms. The molecular weight excluding hydrogens is 280 g/mol. The van der Waals surface area contributed by atoms with Crippen LogP contribution in [0.2, 0.25) is 0 Å². The van der Waals surface area contributed by atoms with Crippen LogP contribution >= 0.6 is 0 Å². The molecule has 0 radical (unpaired) electrons. The Morgan fingerprint density at radius 3 is 2.14 bits per heavy atom. The Hall–Kier alpha value is -2.87. The molecule has 0 saturated heterocycles. The smallest absolute Gasteiger partial charge is 0.338 e. The summed E-state index contributed by atoms with van der Waals surface area (Å²) in [6.07, 6.45) is 2.43. The van der Waals surface area contributed by atoms with Gasteiger partial charge in [0.1, 0.15) is 5.54 Å². The Balaban J connectivity index is 2.98. The van der Waals surface area contributed by atoms with Crippen molar-refractivity contribution < 1.29 is 29.7 Å². The van der Waals surface area contributed by atoms with E-state index in [-0.39, 0.29) is 17.3 Å². The summed E-state index contributed by atoms with van der Waals surface area (Å²) < 4.78 is 0. The van der Waals surface area contributed by atoms with E-state index in [1.165, 1.54) is 12.1 Å². The number of carboxylic acids is 3. The molecule has 8 heteroatoms. The SMILES string of the molecule is Nc1cc2c(c(C(=O)O)c1C(=O)O)=CC(N)(C(=O)O)CC=2. The molecule has 21 heavy (non-hydrogen) atoms. The van der Waals surface area contributed by atoms with Crippen LogP contribution in [0.1, 0.15) is 27.1 Å². The Morgan fingerprint density at radius 1 is 1.10 bits per heavy atom. The summed E-state index contributed by atoms with van der Waals surface area (Å²) in [4.78, 5) is 33.8. The summed E-state index contributed by atoms with van der Waals surface area (Å²) in [6.45, 7) is 0. The highest BCUT2D eigenvalue weighted by Gasteiger charge is 2.33. The number of fused-ring (bicyclic) bond motifs is 1. The van der Waals surface area contributed by atoms with Crippen molar-refractivity contribution >= 4 is 35.7 Å². The number of carbonyl (C=O) groups is 3. The monoisotopic (exact) mass is 292 g/mol. The van der Waals surface area contributed by atoms with E-state index in [1.807, 2.05) is 0 Å². The van der Waals surface area contributed by atoms with Crippen LogP contribution in [0.15, 0.2) is 6.07 Å². The number of hydrogen-bond donors (Lipinski definition) is 5. The molecule has 110 valence electrons. The zero-order valence-corrected chi connectivity index (χ0v) is 10.7. The summed E-state index contributed by atoms with van der Waals surface area (Å²) in [5.74, 6) is -4.37. The summed E-state index contributed by atoms with van der Waals surface area (Å²) in [5.41, 5.74) is 8.14. The van der Waals surface area contributed by atoms with E-state index in [9.17, 15) is 19.5 Å². The number of rotatable bonds is 3. The highest BCUT2D eigenvalue weighted by molar-refractivity contribution is 6.06. The lowest BCUT2D eigenvalue weighted by atomic mass is 9.87. The predicted molar refractivity (Wildman–Crippen MR) is 72.1 cm³/mol. The number of nitrogens with two attached hydrogens (primary N) is 2. The van der Waals surface area contributed by atoms with Gasteiger partial charge in [0.05, 0.1) is 11.1 Å². The molecule has 0 aromatic heterocycles. The van der Waals surface area contributed by atoms with Gasteiger partial charge in [-0.25, -0.2) is 14.4 Å². The van der Waals surface area contributed by atoms with Gasteiger partial charge in [-0.1, -0.05) is 6.08 Å². The minimum Gasteiger partial charge on any atom is -0.480 e. The largest absolute Gasteiger partial charge is 0.480 e. The van der Waals surface area contributed by atoms with Gasteiger partial charge in [0.15, 0.2) is 0 Å². The van der Waals surface area contributed by atoms with Crippen LogP contribution in [0.5, 0.6) is 0 Å². The van der Waals surface area contributed by atoms with Crippen LogP contribution in [-0.2, 0) is 4.79 Å². The Labute approximate surface area is 117 Å². The van der Waals surface area contributed by atoms with Crippen molar-refractivity contribution in [1.82, 2.24) is 0 Å². The maximum absolute atomic E-state index is 11.4. The fraction of sp³-hybridized carbons (Fsp3) is 0.154. The van der Waals surface area contributed by atoms with Crippen molar-refractivity contribution in [2.45, 2.75) is 12.0 Å². The van der Waals surface area contributed by atoms with E-state index >= 15 is 0 Å². The normalized spacial score (nSPS) is 19.9. The van der Waals surface area contributed by atoms with Crippen LogP contribution in [0.4, 0.5) is 5.69 Å². The van der Waals surface area contributed by atoms with Crippen molar-refractivity contribution in [3.63, 3.8) is 0 Å². The molecular formula is C13H12N2O6. The molecule has 1 aromatic rings. The quantitative estimate of drug-likeness (QED) is 0.416. The second kappa shape index (κ2) is 4.60. The van der Waals surface area contributed by atoms with Gasteiger partial charge in [0.25, 0.3) is 0 Å².